The van der Waals surface area contributed by atoms with Gasteiger partial charge in [0.05, 0.1) is 11.3 Å². The van der Waals surface area contributed by atoms with Crippen molar-refractivity contribution in [1.29, 1.82) is 10.5 Å². The topological polar surface area (TPSA) is 155 Å². The number of nitrogens with zero attached hydrogens (tertiary/aromatic N) is 4. The molecule has 0 radical (unpaired) electrons. The van der Waals surface area contributed by atoms with E-state index in [1.165, 1.54) is 41.1 Å². The minimum atomic E-state index is -4.16. The third kappa shape index (κ3) is 4.75. The van der Waals surface area contributed by atoms with Crippen LogP contribution in [0.25, 0.3) is 17.3 Å². The van der Waals surface area contributed by atoms with Crippen LogP contribution in [-0.2, 0) is 10.1 Å². The molecule has 9 nitrogen and oxygen atoms in total. The summed E-state index contributed by atoms with van der Waals surface area (Å²) in [5.41, 5.74) is 8.09. The van der Waals surface area contributed by atoms with Gasteiger partial charge in [-0.3, -0.25) is 0 Å². The third-order valence-electron chi connectivity index (χ3n) is 5.21. The Morgan fingerprint density at radius 3 is 2.39 bits per heavy atom. The number of phenols is 1. The van der Waals surface area contributed by atoms with Crippen molar-refractivity contribution in [2.45, 2.75) is 11.8 Å². The van der Waals surface area contributed by atoms with Gasteiger partial charge in [0.2, 0.25) is 0 Å². The number of benzene rings is 3. The highest BCUT2D eigenvalue weighted by molar-refractivity contribution is 7.87. The molecular formula is C26H19N5O4S. The number of hydrogen-bond donors (Lipinski definition) is 2. The summed E-state index contributed by atoms with van der Waals surface area (Å²) in [6.07, 6.45) is 1.40. The van der Waals surface area contributed by atoms with Crippen molar-refractivity contribution >= 4 is 27.6 Å². The van der Waals surface area contributed by atoms with E-state index in [1.807, 2.05) is 25.1 Å². The van der Waals surface area contributed by atoms with Crippen LogP contribution < -0.4 is 9.92 Å². The first-order chi connectivity index (χ1) is 17.2. The number of nitrogens with two attached hydrogens (primary N) is 1. The predicted molar refractivity (Wildman–Crippen MR) is 133 cm³/mol. The van der Waals surface area contributed by atoms with E-state index in [1.54, 1.807) is 36.4 Å². The van der Waals surface area contributed by atoms with Gasteiger partial charge >= 0.3 is 10.1 Å². The highest BCUT2D eigenvalue weighted by atomic mass is 32.2. The van der Waals surface area contributed by atoms with E-state index in [0.717, 1.165) is 5.56 Å². The van der Waals surface area contributed by atoms with Crippen LogP contribution in [0.1, 0.15) is 22.4 Å². The lowest BCUT2D eigenvalue weighted by atomic mass is 10.1. The molecule has 3 aromatic carbocycles. The lowest BCUT2D eigenvalue weighted by molar-refractivity contribution is 0.428. The summed E-state index contributed by atoms with van der Waals surface area (Å²) in [6.45, 7) is 1.82. The molecule has 0 aliphatic rings. The van der Waals surface area contributed by atoms with Gasteiger partial charge in [-0.2, -0.15) is 24.0 Å². The molecule has 4 aromatic rings. The van der Waals surface area contributed by atoms with Crippen molar-refractivity contribution in [3.63, 3.8) is 0 Å². The van der Waals surface area contributed by atoms with Crippen LogP contribution in [0, 0.1) is 29.6 Å². The van der Waals surface area contributed by atoms with Crippen molar-refractivity contribution in [2.24, 2.45) is 0 Å². The molecule has 0 aliphatic carbocycles. The molecule has 0 atom stereocenters. The minimum absolute atomic E-state index is 0.0216. The fourth-order valence-electron chi connectivity index (χ4n) is 3.38. The van der Waals surface area contributed by atoms with Gasteiger partial charge in [0.25, 0.3) is 0 Å². The molecule has 10 heteroatoms. The molecular weight excluding hydrogens is 478 g/mol. The molecule has 0 aliphatic heterocycles. The van der Waals surface area contributed by atoms with Gasteiger partial charge < -0.3 is 15.0 Å². The largest absolute Gasteiger partial charge is 0.504 e. The van der Waals surface area contributed by atoms with Gasteiger partial charge in [-0.1, -0.05) is 42.0 Å². The molecule has 0 unspecified atom stereocenters. The van der Waals surface area contributed by atoms with Gasteiger partial charge in [0.1, 0.15) is 34.1 Å². The van der Waals surface area contributed by atoms with Crippen LogP contribution >= 0.6 is 0 Å². The van der Waals surface area contributed by atoms with E-state index in [9.17, 15) is 24.0 Å². The molecule has 0 spiro atoms. The molecule has 0 amide bonds. The number of hydrogen-bond acceptors (Lipinski definition) is 8. The number of rotatable bonds is 6. The standard InChI is InChI=1S/C26H19N5O4S/c1-17-7-10-21(11-8-17)36(33,34)35-24-12-9-18(14-23(24)32)13-19(15-27)25-22(16-28)26(29)31(30-25)20-5-3-2-4-6-20/h2-14,32H,29H2,1H3/b19-13+. The van der Waals surface area contributed by atoms with E-state index in [0.29, 0.717) is 11.3 Å². The van der Waals surface area contributed by atoms with Crippen molar-refractivity contribution in [2.75, 3.05) is 5.73 Å². The Morgan fingerprint density at radius 1 is 1.08 bits per heavy atom. The number of nitrogen functional groups attached to an aromatic ring is 1. The van der Waals surface area contributed by atoms with Crippen molar-refractivity contribution in [3.05, 3.63) is 95.2 Å². The number of phenolic OH excluding ortho intramolecular Hbond substituents is 1. The predicted octanol–water partition coefficient (Wildman–Crippen LogP) is 4.17. The van der Waals surface area contributed by atoms with E-state index >= 15 is 0 Å². The molecule has 0 bridgehead atoms. The fraction of sp³-hybridized carbons (Fsp3) is 0.0385. The van der Waals surface area contributed by atoms with Crippen LogP contribution in [0.2, 0.25) is 0 Å². The van der Waals surface area contributed by atoms with E-state index < -0.39 is 15.9 Å². The first kappa shape index (κ1) is 24.1. The summed E-state index contributed by atoms with van der Waals surface area (Å²) in [7, 11) is -4.16. The fourth-order valence-corrected chi connectivity index (χ4v) is 4.32. The molecule has 4 rings (SSSR count). The number of nitriles is 2. The minimum Gasteiger partial charge on any atom is -0.504 e. The normalized spacial score (nSPS) is 11.5. The summed E-state index contributed by atoms with van der Waals surface area (Å²) in [5, 5.41) is 34.2. The highest BCUT2D eigenvalue weighted by Gasteiger charge is 2.21. The Bertz CT molecular complexity index is 1660. The number of aryl methyl sites for hydroxylation is 1. The van der Waals surface area contributed by atoms with E-state index in [2.05, 4.69) is 5.10 Å². The zero-order chi connectivity index (χ0) is 25.9. The Hall–Kier alpha value is -5.06. The van der Waals surface area contributed by atoms with Gasteiger partial charge in [-0.05, 0) is 55.0 Å². The number of anilines is 1. The monoisotopic (exact) mass is 497 g/mol. The summed E-state index contributed by atoms with van der Waals surface area (Å²) in [5.74, 6) is -0.652. The van der Waals surface area contributed by atoms with Crippen LogP contribution in [0.5, 0.6) is 11.5 Å². The molecule has 0 fully saturated rings. The number of aromatic nitrogens is 2. The van der Waals surface area contributed by atoms with E-state index in [4.69, 9.17) is 9.92 Å². The second kappa shape index (κ2) is 9.66. The van der Waals surface area contributed by atoms with Crippen LogP contribution in [-0.4, -0.2) is 23.3 Å². The van der Waals surface area contributed by atoms with Gasteiger partial charge in [0.15, 0.2) is 11.5 Å². The van der Waals surface area contributed by atoms with Crippen LogP contribution in [0.4, 0.5) is 5.82 Å². The number of allylic oxidation sites excluding steroid dienone is 1. The quantitative estimate of drug-likeness (QED) is 0.297. The van der Waals surface area contributed by atoms with Crippen LogP contribution in [0.15, 0.2) is 77.7 Å². The molecule has 1 heterocycles. The molecule has 0 saturated heterocycles. The molecule has 0 saturated carbocycles. The SMILES string of the molecule is Cc1ccc(S(=O)(=O)Oc2ccc(/C=C(\C#N)c3nn(-c4ccccc4)c(N)c3C#N)cc2O)cc1. The van der Waals surface area contributed by atoms with E-state index in [-0.39, 0.29) is 33.3 Å². The Morgan fingerprint density at radius 2 is 1.78 bits per heavy atom. The van der Waals surface area contributed by atoms with Crippen molar-refractivity contribution in [1.82, 2.24) is 9.78 Å². The summed E-state index contributed by atoms with van der Waals surface area (Å²) in [4.78, 5) is -0.0566. The second-order valence-corrected chi connectivity index (χ2v) is 9.26. The lowest BCUT2D eigenvalue weighted by Crippen LogP contribution is -2.09. The number of aromatic hydroxyl groups is 1. The summed E-state index contributed by atoms with van der Waals surface area (Å²) >= 11 is 0. The Labute approximate surface area is 207 Å². The highest BCUT2D eigenvalue weighted by Crippen LogP contribution is 2.32. The third-order valence-corrected chi connectivity index (χ3v) is 6.46. The van der Waals surface area contributed by atoms with Crippen LogP contribution in [0.3, 0.4) is 0 Å². The maximum absolute atomic E-state index is 12.5. The Balaban J connectivity index is 1.67. The average molecular weight is 498 g/mol. The van der Waals surface area contributed by atoms with Crippen molar-refractivity contribution < 1.29 is 17.7 Å². The zero-order valence-corrected chi connectivity index (χ0v) is 19.8. The first-order valence-electron chi connectivity index (χ1n) is 10.5. The van der Waals surface area contributed by atoms with Gasteiger partial charge in [-0.25, -0.2) is 4.68 Å². The molecule has 178 valence electrons. The average Bonchev–Trinajstić information content (AvgIpc) is 3.20. The molecule has 1 aromatic heterocycles. The van der Waals surface area contributed by atoms with Crippen molar-refractivity contribution in [3.8, 4) is 29.3 Å². The first-order valence-corrected chi connectivity index (χ1v) is 11.9. The lowest BCUT2D eigenvalue weighted by Gasteiger charge is -2.09. The number of para-hydroxylation sites is 1. The van der Waals surface area contributed by atoms with Gasteiger partial charge in [-0.15, -0.1) is 0 Å². The van der Waals surface area contributed by atoms with Gasteiger partial charge in [0, 0.05) is 0 Å². The smallest absolute Gasteiger partial charge is 0.339 e. The zero-order valence-electron chi connectivity index (χ0n) is 19.0. The molecule has 36 heavy (non-hydrogen) atoms. The Kier molecular flexibility index (Phi) is 6.46. The molecule has 3 N–H and O–H groups in total. The summed E-state index contributed by atoms with van der Waals surface area (Å²) in [6, 6.07) is 22.9. The maximum atomic E-state index is 12.5. The second-order valence-electron chi connectivity index (χ2n) is 7.72. The summed E-state index contributed by atoms with van der Waals surface area (Å²) < 4.78 is 31.5. The maximum Gasteiger partial charge on any atom is 0.339 e.